The molecule has 5 rings (SSSR count). The summed E-state index contributed by atoms with van der Waals surface area (Å²) in [6, 6.07) is 20.1. The average molecular weight is 529 g/mol. The molecule has 6 nitrogen and oxygen atoms in total. The van der Waals surface area contributed by atoms with Crippen molar-refractivity contribution < 1.29 is 9.53 Å². The highest BCUT2D eigenvalue weighted by atomic mass is 79.9. The third kappa shape index (κ3) is 4.46. The number of carbonyl (C=O) groups excluding carboxylic acids is 1. The van der Waals surface area contributed by atoms with E-state index in [0.29, 0.717) is 36.4 Å². The second-order valence-corrected chi connectivity index (χ2v) is 10.9. The first-order valence-electron chi connectivity index (χ1n) is 11.5. The van der Waals surface area contributed by atoms with E-state index in [1.54, 1.807) is 0 Å². The molecule has 0 fully saturated rings. The number of rotatable bonds is 4. The summed E-state index contributed by atoms with van der Waals surface area (Å²) in [5, 5.41) is 23.5. The fraction of sp³-hybridized carbons (Fsp3) is 0.286. The number of Topliss-reactive ketones (excluding diaryl/α,β-unsaturated/α-hetero) is 1. The molecular formula is C28H25BrN4O2. The lowest BCUT2D eigenvalue weighted by atomic mass is 9.68. The zero-order valence-corrected chi connectivity index (χ0v) is 21.2. The van der Waals surface area contributed by atoms with Crippen molar-refractivity contribution in [2.75, 3.05) is 0 Å². The van der Waals surface area contributed by atoms with Crippen molar-refractivity contribution in [3.8, 4) is 17.3 Å². The molecule has 0 spiro atoms. The van der Waals surface area contributed by atoms with Crippen molar-refractivity contribution >= 4 is 27.6 Å². The van der Waals surface area contributed by atoms with Gasteiger partial charge in [-0.3, -0.25) is 14.9 Å². The standard InChI is InChI=1S/C28H25BrN4O2/c1-28(2)12-22(34)25-23(13-28)35-27(31)20(14-30)24(25)21-16-33(15-17-8-10-19(29)11-9-17)32-26(21)18-6-4-3-5-7-18/h3-11,16,20,24,31H,12-13,15H2,1-2H3. The van der Waals surface area contributed by atoms with Crippen LogP contribution in [0.25, 0.3) is 11.3 Å². The second-order valence-electron chi connectivity index (χ2n) is 9.95. The van der Waals surface area contributed by atoms with Crippen LogP contribution in [0.5, 0.6) is 0 Å². The maximum absolute atomic E-state index is 13.4. The van der Waals surface area contributed by atoms with Crippen molar-refractivity contribution in [3.05, 3.63) is 87.7 Å². The number of nitriles is 1. The predicted octanol–water partition coefficient (Wildman–Crippen LogP) is 6.23. The predicted molar refractivity (Wildman–Crippen MR) is 137 cm³/mol. The molecule has 1 aromatic heterocycles. The minimum Gasteiger partial charge on any atom is -0.446 e. The summed E-state index contributed by atoms with van der Waals surface area (Å²) in [6.45, 7) is 4.59. The van der Waals surface area contributed by atoms with Gasteiger partial charge in [0.25, 0.3) is 0 Å². The normalized spacial score (nSPS) is 21.3. The summed E-state index contributed by atoms with van der Waals surface area (Å²) in [5.74, 6) is -1.11. The summed E-state index contributed by atoms with van der Waals surface area (Å²) in [4.78, 5) is 13.4. The number of nitrogens with one attached hydrogen (secondary N) is 1. The molecule has 1 N–H and O–H groups in total. The Balaban J connectivity index is 1.68. The van der Waals surface area contributed by atoms with Crippen LogP contribution in [0.1, 0.15) is 43.7 Å². The summed E-state index contributed by atoms with van der Waals surface area (Å²) in [7, 11) is 0. The molecule has 1 aliphatic carbocycles. The number of hydrogen-bond acceptors (Lipinski definition) is 5. The molecule has 1 aliphatic heterocycles. The molecule has 2 heterocycles. The van der Waals surface area contributed by atoms with Gasteiger partial charge in [-0.2, -0.15) is 10.4 Å². The molecule has 35 heavy (non-hydrogen) atoms. The van der Waals surface area contributed by atoms with Gasteiger partial charge in [0, 0.05) is 46.1 Å². The highest BCUT2D eigenvalue weighted by molar-refractivity contribution is 9.10. The Labute approximate surface area is 212 Å². The first-order chi connectivity index (χ1) is 16.8. The zero-order chi connectivity index (χ0) is 24.7. The lowest BCUT2D eigenvalue weighted by molar-refractivity contribution is -0.119. The van der Waals surface area contributed by atoms with Gasteiger partial charge in [-0.15, -0.1) is 0 Å². The van der Waals surface area contributed by atoms with E-state index in [1.807, 2.05) is 79.3 Å². The molecular weight excluding hydrogens is 504 g/mol. The smallest absolute Gasteiger partial charge is 0.205 e. The Morgan fingerprint density at radius 3 is 2.57 bits per heavy atom. The molecule has 0 radical (unpaired) electrons. The van der Waals surface area contributed by atoms with Crippen LogP contribution in [0.4, 0.5) is 0 Å². The molecule has 176 valence electrons. The third-order valence-corrected chi connectivity index (χ3v) is 7.14. The van der Waals surface area contributed by atoms with Crippen LogP contribution < -0.4 is 0 Å². The van der Waals surface area contributed by atoms with Gasteiger partial charge in [-0.05, 0) is 23.1 Å². The Morgan fingerprint density at radius 2 is 1.89 bits per heavy atom. The molecule has 2 aliphatic rings. The summed E-state index contributed by atoms with van der Waals surface area (Å²) in [5.41, 5.74) is 3.73. The Hall–Kier alpha value is -3.50. The highest BCUT2D eigenvalue weighted by Crippen LogP contribution is 2.49. The van der Waals surface area contributed by atoms with Crippen molar-refractivity contribution in [1.82, 2.24) is 9.78 Å². The van der Waals surface area contributed by atoms with Crippen LogP contribution in [0.15, 0.2) is 76.6 Å². The van der Waals surface area contributed by atoms with Crippen molar-refractivity contribution in [2.24, 2.45) is 11.3 Å². The minimum atomic E-state index is -0.897. The third-order valence-electron chi connectivity index (χ3n) is 6.61. The van der Waals surface area contributed by atoms with Crippen LogP contribution in [-0.4, -0.2) is 21.5 Å². The topological polar surface area (TPSA) is 91.8 Å². The van der Waals surface area contributed by atoms with E-state index in [9.17, 15) is 10.1 Å². The molecule has 0 saturated carbocycles. The van der Waals surface area contributed by atoms with Gasteiger partial charge in [-0.25, -0.2) is 0 Å². The van der Waals surface area contributed by atoms with Crippen molar-refractivity contribution in [3.63, 3.8) is 0 Å². The Bertz CT molecular complexity index is 1380. The monoisotopic (exact) mass is 528 g/mol. The number of aromatic nitrogens is 2. The number of hydrogen-bond donors (Lipinski definition) is 1. The Morgan fingerprint density at radius 1 is 1.17 bits per heavy atom. The van der Waals surface area contributed by atoms with E-state index in [4.69, 9.17) is 15.2 Å². The maximum Gasteiger partial charge on any atom is 0.205 e. The zero-order valence-electron chi connectivity index (χ0n) is 19.6. The van der Waals surface area contributed by atoms with Gasteiger partial charge in [0.15, 0.2) is 5.78 Å². The number of ketones is 1. The van der Waals surface area contributed by atoms with Crippen LogP contribution in [0.3, 0.4) is 0 Å². The maximum atomic E-state index is 13.4. The molecule has 2 unspecified atom stereocenters. The first-order valence-corrected chi connectivity index (χ1v) is 12.3. The fourth-order valence-electron chi connectivity index (χ4n) is 5.04. The van der Waals surface area contributed by atoms with Crippen LogP contribution in [0.2, 0.25) is 0 Å². The second kappa shape index (κ2) is 8.94. The fourth-order valence-corrected chi connectivity index (χ4v) is 5.31. The molecule has 2 atom stereocenters. The average Bonchev–Trinajstić information content (AvgIpc) is 3.23. The SMILES string of the molecule is CC1(C)CC(=O)C2=C(C1)OC(=N)C(C#N)C2c1cn(Cc2ccc(Br)cc2)nc1-c1ccccc1. The van der Waals surface area contributed by atoms with Gasteiger partial charge in [-0.1, -0.05) is 72.2 Å². The summed E-state index contributed by atoms with van der Waals surface area (Å²) >= 11 is 3.47. The molecule has 0 bridgehead atoms. The van der Waals surface area contributed by atoms with Crippen LogP contribution in [-0.2, 0) is 16.1 Å². The van der Waals surface area contributed by atoms with Crippen LogP contribution >= 0.6 is 15.9 Å². The van der Waals surface area contributed by atoms with Gasteiger partial charge in [0.2, 0.25) is 5.90 Å². The van der Waals surface area contributed by atoms with Gasteiger partial charge >= 0.3 is 0 Å². The van der Waals surface area contributed by atoms with Crippen molar-refractivity contribution in [1.29, 1.82) is 10.7 Å². The highest BCUT2D eigenvalue weighted by Gasteiger charge is 2.47. The minimum absolute atomic E-state index is 0.0197. The largest absolute Gasteiger partial charge is 0.446 e. The molecule has 0 amide bonds. The van der Waals surface area contributed by atoms with Crippen molar-refractivity contribution in [2.45, 2.75) is 39.2 Å². The van der Waals surface area contributed by atoms with E-state index in [2.05, 4.69) is 22.0 Å². The van der Waals surface area contributed by atoms with E-state index in [0.717, 1.165) is 21.2 Å². The van der Waals surface area contributed by atoms with Gasteiger partial charge < -0.3 is 4.74 Å². The number of nitrogens with zero attached hydrogens (tertiary/aromatic N) is 3. The summed E-state index contributed by atoms with van der Waals surface area (Å²) in [6.07, 6.45) is 2.86. The van der Waals surface area contributed by atoms with E-state index in [1.165, 1.54) is 0 Å². The number of carbonyl (C=O) groups is 1. The van der Waals surface area contributed by atoms with Crippen LogP contribution in [0, 0.1) is 28.1 Å². The summed E-state index contributed by atoms with van der Waals surface area (Å²) < 4.78 is 8.65. The van der Waals surface area contributed by atoms with E-state index >= 15 is 0 Å². The number of allylic oxidation sites excluding steroid dienone is 2. The van der Waals surface area contributed by atoms with Gasteiger partial charge in [0.05, 0.1) is 18.3 Å². The number of ether oxygens (including phenoxy) is 1. The van der Waals surface area contributed by atoms with Gasteiger partial charge in [0.1, 0.15) is 11.7 Å². The molecule has 2 aromatic carbocycles. The molecule has 0 saturated heterocycles. The Kier molecular flexibility index (Phi) is 5.94. The van der Waals surface area contributed by atoms with E-state index in [-0.39, 0.29) is 17.1 Å². The quantitative estimate of drug-likeness (QED) is 0.434. The van der Waals surface area contributed by atoms with E-state index < -0.39 is 11.8 Å². The lowest BCUT2D eigenvalue weighted by Crippen LogP contribution is -2.38. The molecule has 7 heteroatoms. The first kappa shape index (κ1) is 23.3. The number of halogens is 1. The molecule has 3 aromatic rings. The lowest BCUT2D eigenvalue weighted by Gasteiger charge is -2.39. The number of benzene rings is 2.